The van der Waals surface area contributed by atoms with Gasteiger partial charge in [-0.15, -0.1) is 0 Å². The zero-order valence-corrected chi connectivity index (χ0v) is 13.5. The molecule has 6 heteroatoms. The Bertz CT molecular complexity index is 732. The van der Waals surface area contributed by atoms with E-state index >= 15 is 0 Å². The van der Waals surface area contributed by atoms with Gasteiger partial charge in [0.05, 0.1) is 17.1 Å². The molecule has 0 heterocycles. The van der Waals surface area contributed by atoms with E-state index in [0.29, 0.717) is 5.69 Å². The van der Waals surface area contributed by atoms with Crippen LogP contribution >= 0.6 is 11.6 Å². The molecule has 0 aliphatic rings. The zero-order valence-electron chi connectivity index (χ0n) is 12.8. The molecule has 0 aromatic heterocycles. The van der Waals surface area contributed by atoms with Crippen LogP contribution in [0.4, 0.5) is 10.1 Å². The molecular weight excluding hydrogens is 319 g/mol. The molecule has 0 aliphatic carbocycles. The quantitative estimate of drug-likeness (QED) is 0.930. The van der Waals surface area contributed by atoms with E-state index in [0.717, 1.165) is 17.7 Å². The molecule has 0 bridgehead atoms. The number of anilines is 1. The minimum atomic E-state index is -0.522. The van der Waals surface area contributed by atoms with Gasteiger partial charge in [-0.05, 0) is 37.3 Å². The Morgan fingerprint density at radius 1 is 1.17 bits per heavy atom. The van der Waals surface area contributed by atoms with Crippen LogP contribution in [0, 0.1) is 12.7 Å². The Morgan fingerprint density at radius 3 is 2.43 bits per heavy atom. The number of hydrogen-bond donors (Lipinski definition) is 1. The summed E-state index contributed by atoms with van der Waals surface area (Å²) in [6.45, 7) is 1.81. The van der Waals surface area contributed by atoms with E-state index in [2.05, 4.69) is 5.32 Å². The number of nitrogens with zero attached hydrogens (tertiary/aromatic N) is 1. The van der Waals surface area contributed by atoms with Crippen molar-refractivity contribution in [2.45, 2.75) is 6.92 Å². The lowest BCUT2D eigenvalue weighted by Crippen LogP contribution is -2.35. The van der Waals surface area contributed by atoms with Crippen molar-refractivity contribution in [2.75, 3.05) is 18.9 Å². The Kier molecular flexibility index (Phi) is 5.34. The third-order valence-corrected chi connectivity index (χ3v) is 3.54. The van der Waals surface area contributed by atoms with Gasteiger partial charge in [0.1, 0.15) is 5.82 Å². The van der Waals surface area contributed by atoms with Crippen molar-refractivity contribution in [3.63, 3.8) is 0 Å². The Balaban J connectivity index is 2.00. The number of aryl methyl sites for hydroxylation is 1. The van der Waals surface area contributed by atoms with Gasteiger partial charge in [-0.2, -0.15) is 0 Å². The van der Waals surface area contributed by atoms with Crippen LogP contribution in [0.5, 0.6) is 0 Å². The number of rotatable bonds is 4. The van der Waals surface area contributed by atoms with Crippen molar-refractivity contribution in [3.8, 4) is 0 Å². The number of nitrogens with one attached hydrogen (secondary N) is 1. The van der Waals surface area contributed by atoms with Crippen LogP contribution < -0.4 is 5.32 Å². The average molecular weight is 335 g/mol. The zero-order chi connectivity index (χ0) is 17.0. The molecule has 0 fully saturated rings. The van der Waals surface area contributed by atoms with Crippen LogP contribution in [0.1, 0.15) is 15.9 Å². The van der Waals surface area contributed by atoms with Gasteiger partial charge in [0.2, 0.25) is 5.91 Å². The summed E-state index contributed by atoms with van der Waals surface area (Å²) >= 11 is 5.86. The molecule has 0 radical (unpaired) electrons. The normalized spacial score (nSPS) is 10.3. The largest absolute Gasteiger partial charge is 0.332 e. The monoisotopic (exact) mass is 334 g/mol. The summed E-state index contributed by atoms with van der Waals surface area (Å²) in [6, 6.07) is 10.8. The van der Waals surface area contributed by atoms with Crippen molar-refractivity contribution in [1.82, 2.24) is 4.90 Å². The predicted molar refractivity (Wildman–Crippen MR) is 88.2 cm³/mol. The Hall–Kier alpha value is -2.40. The van der Waals surface area contributed by atoms with Crippen molar-refractivity contribution < 1.29 is 14.0 Å². The smallest absolute Gasteiger partial charge is 0.255 e. The number of carbonyl (C=O) groups excluding carboxylic acids is 2. The molecule has 0 saturated heterocycles. The minimum absolute atomic E-state index is 0.0146. The van der Waals surface area contributed by atoms with E-state index in [1.807, 2.05) is 19.1 Å². The molecule has 0 spiro atoms. The second-order valence-corrected chi connectivity index (χ2v) is 5.61. The highest BCUT2D eigenvalue weighted by Crippen LogP contribution is 2.18. The standard InChI is InChI=1S/C17H16ClFN2O2/c1-11-3-6-13(7-4-11)20-16(22)10-21(2)17(23)14-8-5-12(19)9-15(14)18/h3-9H,10H2,1-2H3,(H,20,22). The highest BCUT2D eigenvalue weighted by atomic mass is 35.5. The molecule has 2 amide bonds. The second kappa shape index (κ2) is 7.24. The minimum Gasteiger partial charge on any atom is -0.332 e. The number of benzene rings is 2. The third-order valence-electron chi connectivity index (χ3n) is 3.22. The van der Waals surface area contributed by atoms with Gasteiger partial charge in [-0.3, -0.25) is 9.59 Å². The van der Waals surface area contributed by atoms with Crippen LogP contribution in [-0.2, 0) is 4.79 Å². The van der Waals surface area contributed by atoms with Crippen LogP contribution in [0.25, 0.3) is 0 Å². The lowest BCUT2D eigenvalue weighted by Gasteiger charge is -2.17. The molecule has 0 unspecified atom stereocenters. The van der Waals surface area contributed by atoms with Crippen molar-refractivity contribution >= 4 is 29.1 Å². The number of carbonyl (C=O) groups is 2. The van der Waals surface area contributed by atoms with Gasteiger partial charge in [0.15, 0.2) is 0 Å². The highest BCUT2D eigenvalue weighted by molar-refractivity contribution is 6.33. The molecule has 0 saturated carbocycles. The summed E-state index contributed by atoms with van der Waals surface area (Å²) in [4.78, 5) is 25.5. The van der Waals surface area contributed by atoms with Gasteiger partial charge in [0.25, 0.3) is 5.91 Å². The van der Waals surface area contributed by atoms with Gasteiger partial charge < -0.3 is 10.2 Å². The molecule has 2 aromatic rings. The van der Waals surface area contributed by atoms with E-state index < -0.39 is 11.7 Å². The molecule has 23 heavy (non-hydrogen) atoms. The Morgan fingerprint density at radius 2 is 1.83 bits per heavy atom. The molecule has 4 nitrogen and oxygen atoms in total. The highest BCUT2D eigenvalue weighted by Gasteiger charge is 2.18. The predicted octanol–water partition coefficient (Wildman–Crippen LogP) is 3.50. The van der Waals surface area contributed by atoms with E-state index in [1.54, 1.807) is 12.1 Å². The van der Waals surface area contributed by atoms with Gasteiger partial charge in [-0.25, -0.2) is 4.39 Å². The van der Waals surface area contributed by atoms with E-state index in [1.165, 1.54) is 18.0 Å². The lowest BCUT2D eigenvalue weighted by atomic mass is 10.2. The molecule has 2 aromatic carbocycles. The number of halogens is 2. The lowest BCUT2D eigenvalue weighted by molar-refractivity contribution is -0.116. The summed E-state index contributed by atoms with van der Waals surface area (Å²) in [7, 11) is 1.48. The van der Waals surface area contributed by atoms with Crippen LogP contribution in [0.15, 0.2) is 42.5 Å². The molecule has 2 rings (SSSR count). The molecule has 0 aliphatic heterocycles. The molecule has 1 N–H and O–H groups in total. The fourth-order valence-electron chi connectivity index (χ4n) is 1.99. The summed E-state index contributed by atoms with van der Waals surface area (Å²) in [6.07, 6.45) is 0. The summed E-state index contributed by atoms with van der Waals surface area (Å²) in [5.41, 5.74) is 1.89. The number of likely N-dealkylation sites (N-methyl/N-ethyl adjacent to an activating group) is 1. The summed E-state index contributed by atoms with van der Waals surface area (Å²) in [5.74, 6) is -1.30. The molecule has 0 atom stereocenters. The second-order valence-electron chi connectivity index (χ2n) is 5.20. The van der Waals surface area contributed by atoms with Crippen molar-refractivity contribution in [3.05, 3.63) is 64.4 Å². The first-order chi connectivity index (χ1) is 10.9. The van der Waals surface area contributed by atoms with Crippen LogP contribution in [-0.4, -0.2) is 30.3 Å². The molecule has 120 valence electrons. The van der Waals surface area contributed by atoms with Crippen LogP contribution in [0.2, 0.25) is 5.02 Å². The van der Waals surface area contributed by atoms with E-state index in [4.69, 9.17) is 11.6 Å². The summed E-state index contributed by atoms with van der Waals surface area (Å²) < 4.78 is 13.0. The SMILES string of the molecule is Cc1ccc(NC(=O)CN(C)C(=O)c2ccc(F)cc2Cl)cc1. The first kappa shape index (κ1) is 17.0. The average Bonchev–Trinajstić information content (AvgIpc) is 2.49. The van der Waals surface area contributed by atoms with E-state index in [9.17, 15) is 14.0 Å². The number of amides is 2. The van der Waals surface area contributed by atoms with Gasteiger partial charge in [0, 0.05) is 12.7 Å². The topological polar surface area (TPSA) is 49.4 Å². The maximum absolute atomic E-state index is 13.0. The Labute approximate surface area is 138 Å². The molecular formula is C17H16ClFN2O2. The third kappa shape index (κ3) is 4.53. The van der Waals surface area contributed by atoms with E-state index in [-0.39, 0.29) is 23.0 Å². The van der Waals surface area contributed by atoms with Gasteiger partial charge >= 0.3 is 0 Å². The first-order valence-electron chi connectivity index (χ1n) is 6.94. The summed E-state index contributed by atoms with van der Waals surface area (Å²) in [5, 5.41) is 2.72. The fourth-order valence-corrected chi connectivity index (χ4v) is 2.24. The van der Waals surface area contributed by atoms with Crippen LogP contribution in [0.3, 0.4) is 0 Å². The maximum atomic E-state index is 13.0. The van der Waals surface area contributed by atoms with Gasteiger partial charge in [-0.1, -0.05) is 29.3 Å². The first-order valence-corrected chi connectivity index (χ1v) is 7.31. The maximum Gasteiger partial charge on any atom is 0.255 e. The van der Waals surface area contributed by atoms with Crippen molar-refractivity contribution in [1.29, 1.82) is 0 Å². The fraction of sp³-hybridized carbons (Fsp3) is 0.176. The van der Waals surface area contributed by atoms with Crippen molar-refractivity contribution in [2.24, 2.45) is 0 Å². The number of hydrogen-bond acceptors (Lipinski definition) is 2.